The molecule has 0 bridgehead atoms. The lowest BCUT2D eigenvalue weighted by Gasteiger charge is -2.35. The molecule has 1 aliphatic carbocycles. The molecule has 2 fully saturated rings. The lowest BCUT2D eigenvalue weighted by atomic mass is 9.97. The number of carbonyl (C=O) groups excluding carboxylic acids is 3. The van der Waals surface area contributed by atoms with Crippen molar-refractivity contribution in [2.75, 3.05) is 45.9 Å². The molecule has 2 saturated heterocycles. The van der Waals surface area contributed by atoms with Crippen molar-refractivity contribution in [1.29, 1.82) is 0 Å². The van der Waals surface area contributed by atoms with Gasteiger partial charge < -0.3 is 19.4 Å². The molecule has 2 aliphatic heterocycles. The minimum Gasteiger partial charge on any atom is -0.450 e. The molecule has 0 spiro atoms. The minimum absolute atomic E-state index is 0.0474. The summed E-state index contributed by atoms with van der Waals surface area (Å²) >= 11 is 0. The third kappa shape index (κ3) is 5.02. The largest absolute Gasteiger partial charge is 0.450 e. The van der Waals surface area contributed by atoms with E-state index in [1.165, 1.54) is 18.4 Å². The molecule has 27 heavy (non-hydrogen) atoms. The number of ether oxygens (including phenoxy) is 1. The van der Waals surface area contributed by atoms with Gasteiger partial charge in [0.2, 0.25) is 11.8 Å². The average Bonchev–Trinajstić information content (AvgIpc) is 3.07. The molecule has 7 nitrogen and oxygen atoms in total. The van der Waals surface area contributed by atoms with Crippen LogP contribution >= 0.6 is 0 Å². The van der Waals surface area contributed by atoms with Crippen LogP contribution in [0.3, 0.4) is 0 Å². The average molecular weight is 377 g/mol. The maximum atomic E-state index is 12.8. The lowest BCUT2D eigenvalue weighted by Crippen LogP contribution is -2.52. The highest BCUT2D eigenvalue weighted by molar-refractivity contribution is 5.89. The second-order valence-electron chi connectivity index (χ2n) is 7.61. The second-order valence-corrected chi connectivity index (χ2v) is 7.61. The Labute approximate surface area is 161 Å². The van der Waals surface area contributed by atoms with Crippen molar-refractivity contribution in [3.63, 3.8) is 0 Å². The predicted octanol–water partition coefficient (Wildman–Crippen LogP) is 2.03. The Bertz CT molecular complexity index is 596. The number of carbonyl (C=O) groups is 3. The standard InChI is InChI=1S/C20H31N3O4/c1-2-27-20(26)22-12-10-21(11-13-22)19(25)17-14-18(24)23(15-17)9-8-16-6-4-3-5-7-16/h6,17H,2-5,7-15H2,1H3. The maximum Gasteiger partial charge on any atom is 0.409 e. The molecule has 3 amide bonds. The Morgan fingerprint density at radius 1 is 1.15 bits per heavy atom. The van der Waals surface area contributed by atoms with Crippen LogP contribution in [0.15, 0.2) is 11.6 Å². The topological polar surface area (TPSA) is 70.2 Å². The molecule has 0 aromatic rings. The molecule has 0 saturated carbocycles. The molecule has 0 aromatic heterocycles. The van der Waals surface area contributed by atoms with E-state index in [1.54, 1.807) is 16.7 Å². The Balaban J connectivity index is 1.45. The van der Waals surface area contributed by atoms with E-state index in [0.717, 1.165) is 25.8 Å². The van der Waals surface area contributed by atoms with Gasteiger partial charge in [-0.1, -0.05) is 11.6 Å². The minimum atomic E-state index is -0.316. The zero-order chi connectivity index (χ0) is 19.2. The quantitative estimate of drug-likeness (QED) is 0.688. The van der Waals surface area contributed by atoms with Crippen LogP contribution in [-0.4, -0.2) is 78.5 Å². The molecular formula is C20H31N3O4. The first-order valence-electron chi connectivity index (χ1n) is 10.2. The van der Waals surface area contributed by atoms with Crippen molar-refractivity contribution >= 4 is 17.9 Å². The third-order valence-electron chi connectivity index (χ3n) is 5.77. The Kier molecular flexibility index (Phi) is 6.74. The second kappa shape index (κ2) is 9.24. The summed E-state index contributed by atoms with van der Waals surface area (Å²) in [6, 6.07) is 0. The molecule has 0 aromatic carbocycles. The fraction of sp³-hybridized carbons (Fsp3) is 0.750. The Hall–Kier alpha value is -2.05. The van der Waals surface area contributed by atoms with Crippen molar-refractivity contribution in [3.8, 4) is 0 Å². The first-order chi connectivity index (χ1) is 13.1. The van der Waals surface area contributed by atoms with E-state index in [4.69, 9.17) is 4.74 Å². The number of amides is 3. The molecule has 3 rings (SSSR count). The summed E-state index contributed by atoms with van der Waals surface area (Å²) in [7, 11) is 0. The highest BCUT2D eigenvalue weighted by atomic mass is 16.6. The van der Waals surface area contributed by atoms with Gasteiger partial charge in [-0.05, 0) is 39.0 Å². The van der Waals surface area contributed by atoms with E-state index in [0.29, 0.717) is 45.8 Å². The molecule has 0 N–H and O–H groups in total. The number of hydrogen-bond donors (Lipinski definition) is 0. The zero-order valence-corrected chi connectivity index (χ0v) is 16.3. The molecular weight excluding hydrogens is 346 g/mol. The van der Waals surface area contributed by atoms with E-state index in [9.17, 15) is 14.4 Å². The van der Waals surface area contributed by atoms with Gasteiger partial charge in [-0.25, -0.2) is 4.79 Å². The van der Waals surface area contributed by atoms with Crippen LogP contribution in [0.2, 0.25) is 0 Å². The summed E-state index contributed by atoms with van der Waals surface area (Å²) in [6.07, 6.45) is 8.07. The van der Waals surface area contributed by atoms with Gasteiger partial charge in [-0.2, -0.15) is 0 Å². The van der Waals surface area contributed by atoms with Crippen molar-refractivity contribution in [1.82, 2.24) is 14.7 Å². The fourth-order valence-electron chi connectivity index (χ4n) is 4.15. The fourth-order valence-corrected chi connectivity index (χ4v) is 4.15. The molecule has 7 heteroatoms. The van der Waals surface area contributed by atoms with Gasteiger partial charge in [0, 0.05) is 45.7 Å². The highest BCUT2D eigenvalue weighted by Crippen LogP contribution is 2.24. The number of rotatable bonds is 5. The lowest BCUT2D eigenvalue weighted by molar-refractivity contribution is -0.137. The molecule has 1 unspecified atom stereocenters. The summed E-state index contributed by atoms with van der Waals surface area (Å²) < 4.78 is 5.01. The van der Waals surface area contributed by atoms with Crippen molar-refractivity contribution < 1.29 is 19.1 Å². The van der Waals surface area contributed by atoms with E-state index >= 15 is 0 Å². The number of piperazine rings is 1. The van der Waals surface area contributed by atoms with Gasteiger partial charge in [0.1, 0.15) is 0 Å². The molecule has 1 atom stereocenters. The van der Waals surface area contributed by atoms with Crippen LogP contribution in [-0.2, 0) is 14.3 Å². The molecule has 0 radical (unpaired) electrons. The SMILES string of the molecule is CCOC(=O)N1CCN(C(=O)C2CC(=O)N(CCC3=CCCCC3)C2)CC1. The predicted molar refractivity (Wildman–Crippen MR) is 101 cm³/mol. The van der Waals surface area contributed by atoms with Crippen LogP contribution in [0.1, 0.15) is 45.4 Å². The number of likely N-dealkylation sites (tertiary alicyclic amines) is 1. The van der Waals surface area contributed by atoms with Gasteiger partial charge in [-0.15, -0.1) is 0 Å². The number of hydrogen-bond acceptors (Lipinski definition) is 4. The summed E-state index contributed by atoms with van der Waals surface area (Å²) in [4.78, 5) is 42.2. The first kappa shape index (κ1) is 19.7. The van der Waals surface area contributed by atoms with E-state index in [-0.39, 0.29) is 23.8 Å². The van der Waals surface area contributed by atoms with Crippen molar-refractivity contribution in [3.05, 3.63) is 11.6 Å². The normalized spacial score (nSPS) is 23.4. The van der Waals surface area contributed by atoms with Gasteiger partial charge in [0.25, 0.3) is 0 Å². The summed E-state index contributed by atoms with van der Waals surface area (Å²) in [5.74, 6) is -0.104. The molecule has 2 heterocycles. The molecule has 150 valence electrons. The smallest absolute Gasteiger partial charge is 0.409 e. The van der Waals surface area contributed by atoms with Crippen LogP contribution < -0.4 is 0 Å². The Morgan fingerprint density at radius 3 is 2.56 bits per heavy atom. The van der Waals surface area contributed by atoms with Gasteiger partial charge >= 0.3 is 6.09 Å². The van der Waals surface area contributed by atoms with Gasteiger partial charge in [-0.3, -0.25) is 9.59 Å². The summed E-state index contributed by atoms with van der Waals surface area (Å²) in [6.45, 7) is 5.39. The highest BCUT2D eigenvalue weighted by Gasteiger charge is 2.37. The maximum absolute atomic E-state index is 12.8. The number of nitrogens with zero attached hydrogens (tertiary/aromatic N) is 3. The monoisotopic (exact) mass is 377 g/mol. The van der Waals surface area contributed by atoms with Crippen LogP contribution in [0.25, 0.3) is 0 Å². The van der Waals surface area contributed by atoms with Gasteiger partial charge in [0.15, 0.2) is 0 Å². The first-order valence-corrected chi connectivity index (χ1v) is 10.2. The van der Waals surface area contributed by atoms with E-state index in [2.05, 4.69) is 6.08 Å². The van der Waals surface area contributed by atoms with Crippen molar-refractivity contribution in [2.24, 2.45) is 5.92 Å². The van der Waals surface area contributed by atoms with Crippen molar-refractivity contribution in [2.45, 2.75) is 45.4 Å². The van der Waals surface area contributed by atoms with E-state index in [1.807, 2.05) is 4.90 Å². The van der Waals surface area contributed by atoms with Crippen LogP contribution in [0.4, 0.5) is 4.79 Å². The summed E-state index contributed by atoms with van der Waals surface area (Å²) in [5, 5.41) is 0. The van der Waals surface area contributed by atoms with Crippen LogP contribution in [0, 0.1) is 5.92 Å². The summed E-state index contributed by atoms with van der Waals surface area (Å²) in [5.41, 5.74) is 1.46. The molecule has 3 aliphatic rings. The Morgan fingerprint density at radius 2 is 1.89 bits per heavy atom. The van der Waals surface area contributed by atoms with Crippen LogP contribution in [0.5, 0.6) is 0 Å². The van der Waals surface area contributed by atoms with E-state index < -0.39 is 0 Å². The number of allylic oxidation sites excluding steroid dienone is 1. The zero-order valence-electron chi connectivity index (χ0n) is 16.3. The third-order valence-corrected chi connectivity index (χ3v) is 5.77. The van der Waals surface area contributed by atoms with Gasteiger partial charge in [0.05, 0.1) is 12.5 Å².